The molecule has 2 rings (SSSR count). The summed E-state index contributed by atoms with van der Waals surface area (Å²) in [5.41, 5.74) is 0.762. The number of nitrogens with zero attached hydrogens (tertiary/aromatic N) is 2. The maximum atomic E-state index is 13.3. The fraction of sp³-hybridized carbons (Fsp3) is 0.273. The predicted octanol–water partition coefficient (Wildman–Crippen LogP) is 2.78. The lowest BCUT2D eigenvalue weighted by Gasteiger charge is -2.06. The largest absolute Gasteiger partial charge is 0.494 e. The molecule has 0 aliphatic rings. The number of halogens is 1. The van der Waals surface area contributed by atoms with Crippen molar-refractivity contribution in [1.29, 1.82) is 0 Å². The van der Waals surface area contributed by atoms with Crippen LogP contribution in [0.25, 0.3) is 11.4 Å². The molecule has 0 aliphatic carbocycles. The van der Waals surface area contributed by atoms with Gasteiger partial charge in [-0.1, -0.05) is 0 Å². The SMILES string of the molecule is CCn1c(-c2ccc(F)c(OC)c2)n[nH]c1=S. The van der Waals surface area contributed by atoms with Gasteiger partial charge in [0.25, 0.3) is 0 Å². The van der Waals surface area contributed by atoms with E-state index >= 15 is 0 Å². The highest BCUT2D eigenvalue weighted by molar-refractivity contribution is 7.71. The molecule has 0 fully saturated rings. The van der Waals surface area contributed by atoms with Crippen LogP contribution in [0.3, 0.4) is 0 Å². The minimum absolute atomic E-state index is 0.194. The third-order valence-electron chi connectivity index (χ3n) is 2.48. The van der Waals surface area contributed by atoms with Gasteiger partial charge in [-0.2, -0.15) is 5.10 Å². The maximum Gasteiger partial charge on any atom is 0.195 e. The molecule has 0 unspecified atom stereocenters. The van der Waals surface area contributed by atoms with Crippen LogP contribution in [0.15, 0.2) is 18.2 Å². The van der Waals surface area contributed by atoms with E-state index in [4.69, 9.17) is 17.0 Å². The second-order valence-electron chi connectivity index (χ2n) is 3.45. The smallest absolute Gasteiger partial charge is 0.195 e. The van der Waals surface area contributed by atoms with Gasteiger partial charge in [-0.15, -0.1) is 0 Å². The Bertz CT molecular complexity index is 591. The number of hydrogen-bond donors (Lipinski definition) is 1. The third-order valence-corrected chi connectivity index (χ3v) is 2.80. The molecular formula is C11H12FN3OS. The minimum atomic E-state index is -0.395. The van der Waals surface area contributed by atoms with Gasteiger partial charge < -0.3 is 9.30 Å². The Balaban J connectivity index is 2.56. The number of ether oxygens (including phenoxy) is 1. The molecule has 0 radical (unpaired) electrons. The Labute approximate surface area is 103 Å². The van der Waals surface area contributed by atoms with E-state index in [1.165, 1.54) is 13.2 Å². The van der Waals surface area contributed by atoms with Crippen molar-refractivity contribution in [2.45, 2.75) is 13.5 Å². The van der Waals surface area contributed by atoms with Crippen molar-refractivity contribution in [2.75, 3.05) is 7.11 Å². The highest BCUT2D eigenvalue weighted by Gasteiger charge is 2.10. The second-order valence-corrected chi connectivity index (χ2v) is 3.83. The van der Waals surface area contributed by atoms with Crippen LogP contribution in [0.5, 0.6) is 5.75 Å². The van der Waals surface area contributed by atoms with E-state index in [1.807, 2.05) is 11.5 Å². The van der Waals surface area contributed by atoms with Gasteiger partial charge in [-0.25, -0.2) is 4.39 Å². The average molecular weight is 253 g/mol. The summed E-state index contributed by atoms with van der Waals surface area (Å²) in [6.45, 7) is 2.67. The summed E-state index contributed by atoms with van der Waals surface area (Å²) >= 11 is 5.10. The van der Waals surface area contributed by atoms with Crippen LogP contribution in [-0.2, 0) is 6.54 Å². The van der Waals surface area contributed by atoms with Crippen molar-refractivity contribution >= 4 is 12.2 Å². The van der Waals surface area contributed by atoms with Gasteiger partial charge >= 0.3 is 0 Å². The van der Waals surface area contributed by atoms with E-state index < -0.39 is 5.82 Å². The molecular weight excluding hydrogens is 241 g/mol. The predicted molar refractivity (Wildman–Crippen MR) is 65.0 cm³/mol. The molecule has 0 spiro atoms. The normalized spacial score (nSPS) is 10.5. The van der Waals surface area contributed by atoms with Gasteiger partial charge in [0.05, 0.1) is 7.11 Å². The highest BCUT2D eigenvalue weighted by atomic mass is 32.1. The summed E-state index contributed by atoms with van der Waals surface area (Å²) in [5.74, 6) is 0.475. The standard InChI is InChI=1S/C11H12FN3OS/c1-3-15-10(13-14-11(15)17)7-4-5-8(12)9(6-7)16-2/h4-6H,3H2,1-2H3,(H,14,17). The zero-order valence-corrected chi connectivity index (χ0v) is 10.3. The van der Waals surface area contributed by atoms with Gasteiger partial charge in [0.1, 0.15) is 0 Å². The van der Waals surface area contributed by atoms with E-state index in [2.05, 4.69) is 10.2 Å². The summed E-state index contributed by atoms with van der Waals surface area (Å²) in [7, 11) is 1.43. The van der Waals surface area contributed by atoms with Crippen molar-refractivity contribution < 1.29 is 9.13 Å². The molecule has 0 aliphatic heterocycles. The number of methoxy groups -OCH3 is 1. The van der Waals surface area contributed by atoms with Crippen LogP contribution in [0.4, 0.5) is 4.39 Å². The summed E-state index contributed by atoms with van der Waals surface area (Å²) in [5, 5.41) is 6.85. The monoisotopic (exact) mass is 253 g/mol. The van der Waals surface area contributed by atoms with Crippen molar-refractivity contribution in [3.8, 4) is 17.1 Å². The first kappa shape index (κ1) is 11.8. The molecule has 90 valence electrons. The molecule has 6 heteroatoms. The zero-order valence-electron chi connectivity index (χ0n) is 9.53. The molecule has 0 bridgehead atoms. The molecule has 17 heavy (non-hydrogen) atoms. The summed E-state index contributed by atoms with van der Waals surface area (Å²) in [6, 6.07) is 4.60. The fourth-order valence-corrected chi connectivity index (χ4v) is 1.89. The number of aromatic amines is 1. The Kier molecular flexibility index (Phi) is 3.23. The quantitative estimate of drug-likeness (QED) is 0.855. The number of rotatable bonds is 3. The molecule has 4 nitrogen and oxygen atoms in total. The van der Waals surface area contributed by atoms with Crippen molar-refractivity contribution in [3.63, 3.8) is 0 Å². The topological polar surface area (TPSA) is 42.8 Å². The number of H-pyrrole nitrogens is 1. The Morgan fingerprint density at radius 3 is 2.94 bits per heavy atom. The first-order valence-electron chi connectivity index (χ1n) is 5.16. The van der Waals surface area contributed by atoms with Crippen molar-refractivity contribution in [1.82, 2.24) is 14.8 Å². The molecule has 1 heterocycles. The van der Waals surface area contributed by atoms with E-state index in [9.17, 15) is 4.39 Å². The molecule has 2 aromatic rings. The Hall–Kier alpha value is -1.69. The number of hydrogen-bond acceptors (Lipinski definition) is 3. The van der Waals surface area contributed by atoms with E-state index in [0.717, 1.165) is 5.56 Å². The molecule has 1 aromatic carbocycles. The van der Waals surface area contributed by atoms with E-state index in [1.54, 1.807) is 12.1 Å². The van der Waals surface area contributed by atoms with Crippen LogP contribution in [0.2, 0.25) is 0 Å². The van der Waals surface area contributed by atoms with E-state index in [-0.39, 0.29) is 5.75 Å². The van der Waals surface area contributed by atoms with Gasteiger partial charge in [0.2, 0.25) is 0 Å². The number of nitrogens with one attached hydrogen (secondary N) is 1. The van der Waals surface area contributed by atoms with Crippen LogP contribution in [0, 0.1) is 10.6 Å². The number of aromatic nitrogens is 3. The summed E-state index contributed by atoms with van der Waals surface area (Å²) in [6.07, 6.45) is 0. The second kappa shape index (κ2) is 4.67. The van der Waals surface area contributed by atoms with Gasteiger partial charge in [0.15, 0.2) is 22.2 Å². The first-order valence-corrected chi connectivity index (χ1v) is 5.57. The number of benzene rings is 1. The molecule has 0 saturated carbocycles. The molecule has 1 N–H and O–H groups in total. The minimum Gasteiger partial charge on any atom is -0.494 e. The molecule has 0 saturated heterocycles. The van der Waals surface area contributed by atoms with Crippen molar-refractivity contribution in [3.05, 3.63) is 28.8 Å². The van der Waals surface area contributed by atoms with E-state index in [0.29, 0.717) is 17.1 Å². The van der Waals surface area contributed by atoms with Crippen molar-refractivity contribution in [2.24, 2.45) is 0 Å². The maximum absolute atomic E-state index is 13.3. The van der Waals surface area contributed by atoms with Crippen LogP contribution in [-0.4, -0.2) is 21.9 Å². The lowest BCUT2D eigenvalue weighted by Crippen LogP contribution is -1.98. The van der Waals surface area contributed by atoms with Gasteiger partial charge in [-0.05, 0) is 37.3 Å². The third kappa shape index (κ3) is 2.08. The Morgan fingerprint density at radius 2 is 2.29 bits per heavy atom. The average Bonchev–Trinajstić information content (AvgIpc) is 2.71. The van der Waals surface area contributed by atoms with Crippen LogP contribution in [0.1, 0.15) is 6.92 Å². The summed E-state index contributed by atoms with van der Waals surface area (Å²) < 4.78 is 20.6. The van der Waals surface area contributed by atoms with Crippen LogP contribution < -0.4 is 4.74 Å². The zero-order chi connectivity index (χ0) is 12.4. The lowest BCUT2D eigenvalue weighted by molar-refractivity contribution is 0.386. The highest BCUT2D eigenvalue weighted by Crippen LogP contribution is 2.25. The first-order chi connectivity index (χ1) is 8.17. The Morgan fingerprint density at radius 1 is 1.53 bits per heavy atom. The molecule has 0 amide bonds. The summed E-state index contributed by atoms with van der Waals surface area (Å²) in [4.78, 5) is 0. The lowest BCUT2D eigenvalue weighted by atomic mass is 10.2. The molecule has 0 atom stereocenters. The van der Waals surface area contributed by atoms with Crippen LogP contribution >= 0.6 is 12.2 Å². The fourth-order valence-electron chi connectivity index (χ4n) is 1.63. The van der Waals surface area contributed by atoms with Gasteiger partial charge in [0, 0.05) is 12.1 Å². The molecule has 1 aromatic heterocycles. The van der Waals surface area contributed by atoms with Gasteiger partial charge in [-0.3, -0.25) is 5.10 Å².